The molecule has 2 saturated heterocycles. The first-order chi connectivity index (χ1) is 27.1. The van der Waals surface area contributed by atoms with Gasteiger partial charge < -0.3 is 29.3 Å². The molecule has 7 rings (SSSR count). The number of hydrogen-bond acceptors (Lipinski definition) is 10. The van der Waals surface area contributed by atoms with Gasteiger partial charge in [0.05, 0.1) is 43.7 Å². The van der Waals surface area contributed by atoms with Crippen LogP contribution in [0.1, 0.15) is 52.9 Å². The van der Waals surface area contributed by atoms with Gasteiger partial charge in [-0.25, -0.2) is 13.4 Å². The standard InChI is InChI=1S/C42H51N5O9S/c1-6-28-24-42(28,40(51)45-57(52,53)31-13-14-31)44-37(49)35-22-30(25-47(35)39(50)33(41(2,3)4)23-36(48)46-16-18-55-19-17-46)56-38-32-15-12-29(54-5)20-27(32)21-34(43-38)26-10-8-7-9-11-26/h6-12,15,20-21,28,30-31,33,35H,1,13-14,16-19,22-25H2,2-5H3,(H,44,49)(H,45,51)/t28-,30-,33?,35+,42-/m1/s1. The quantitative estimate of drug-likeness (QED) is 0.242. The largest absolute Gasteiger partial charge is 0.497 e. The molecule has 15 heteroatoms. The van der Waals surface area contributed by atoms with Crippen LogP contribution in [0.15, 0.2) is 67.3 Å². The number of nitrogens with zero attached hydrogens (tertiary/aromatic N) is 3. The van der Waals surface area contributed by atoms with Gasteiger partial charge in [-0.15, -0.1) is 6.58 Å². The van der Waals surface area contributed by atoms with E-state index in [2.05, 4.69) is 16.6 Å². The highest BCUT2D eigenvalue weighted by atomic mass is 32.2. The lowest BCUT2D eigenvalue weighted by Crippen LogP contribution is -2.57. The van der Waals surface area contributed by atoms with Gasteiger partial charge in [0, 0.05) is 42.8 Å². The van der Waals surface area contributed by atoms with Gasteiger partial charge >= 0.3 is 0 Å². The summed E-state index contributed by atoms with van der Waals surface area (Å²) in [4.78, 5) is 64.6. The lowest BCUT2D eigenvalue weighted by atomic mass is 9.77. The van der Waals surface area contributed by atoms with Crippen LogP contribution in [0.4, 0.5) is 0 Å². The molecular weight excluding hydrogens is 751 g/mol. The second kappa shape index (κ2) is 15.7. The van der Waals surface area contributed by atoms with Gasteiger partial charge in [0.1, 0.15) is 23.4 Å². The molecule has 2 aliphatic heterocycles. The van der Waals surface area contributed by atoms with Gasteiger partial charge in [-0.05, 0) is 54.3 Å². The van der Waals surface area contributed by atoms with E-state index in [0.717, 1.165) is 10.9 Å². The van der Waals surface area contributed by atoms with E-state index in [4.69, 9.17) is 19.2 Å². The Balaban J connectivity index is 1.21. The van der Waals surface area contributed by atoms with Crippen molar-refractivity contribution in [2.24, 2.45) is 17.3 Å². The van der Waals surface area contributed by atoms with Crippen LogP contribution in [0.25, 0.3) is 22.0 Å². The van der Waals surface area contributed by atoms with Crippen molar-refractivity contribution in [2.45, 2.75) is 75.8 Å². The van der Waals surface area contributed by atoms with E-state index in [1.54, 1.807) is 18.1 Å². The molecule has 3 heterocycles. The smallest absolute Gasteiger partial charge is 0.259 e. The molecule has 57 heavy (non-hydrogen) atoms. The molecule has 5 atom stereocenters. The highest BCUT2D eigenvalue weighted by Gasteiger charge is 2.62. The van der Waals surface area contributed by atoms with Crippen LogP contribution in [0.3, 0.4) is 0 Å². The Hall–Kier alpha value is -5.02. The number of ether oxygens (including phenoxy) is 3. The molecule has 4 fully saturated rings. The first-order valence-electron chi connectivity index (χ1n) is 19.5. The summed E-state index contributed by atoms with van der Waals surface area (Å²) < 4.78 is 45.4. The van der Waals surface area contributed by atoms with Crippen molar-refractivity contribution in [3.8, 4) is 22.9 Å². The molecule has 304 valence electrons. The third-order valence-electron chi connectivity index (χ3n) is 11.5. The minimum atomic E-state index is -3.91. The topological polar surface area (TPSA) is 174 Å². The second-order valence-electron chi connectivity index (χ2n) is 16.5. The second-order valence-corrected chi connectivity index (χ2v) is 18.5. The Morgan fingerprint density at radius 3 is 2.42 bits per heavy atom. The van der Waals surface area contributed by atoms with Crippen LogP contribution in [0, 0.1) is 17.3 Å². The van der Waals surface area contributed by atoms with Gasteiger partial charge in [-0.1, -0.05) is 57.2 Å². The first kappa shape index (κ1) is 40.2. The Labute approximate surface area is 333 Å². The first-order valence-corrected chi connectivity index (χ1v) is 21.1. The van der Waals surface area contributed by atoms with Crippen molar-refractivity contribution in [1.82, 2.24) is 24.8 Å². The number of carbonyl (C=O) groups excluding carboxylic acids is 4. The zero-order chi connectivity index (χ0) is 40.7. The average Bonchev–Trinajstić information content (AvgIpc) is 4.13. The number of aromatic nitrogens is 1. The number of amides is 4. The van der Waals surface area contributed by atoms with Crippen molar-refractivity contribution in [2.75, 3.05) is 40.0 Å². The average molecular weight is 802 g/mol. The molecule has 2 aliphatic carbocycles. The summed E-state index contributed by atoms with van der Waals surface area (Å²) in [5.74, 6) is -2.42. The van der Waals surface area contributed by atoms with E-state index in [1.807, 2.05) is 69.3 Å². The third kappa shape index (κ3) is 8.50. The molecule has 2 saturated carbocycles. The molecule has 1 unspecified atom stereocenters. The molecule has 14 nitrogen and oxygen atoms in total. The number of morpholine rings is 1. The van der Waals surface area contributed by atoms with E-state index >= 15 is 0 Å². The molecule has 0 radical (unpaired) electrons. The normalized spacial score (nSPS) is 24.0. The fourth-order valence-electron chi connectivity index (χ4n) is 7.81. The predicted molar refractivity (Wildman–Crippen MR) is 212 cm³/mol. The molecule has 2 aromatic carbocycles. The number of nitrogens with one attached hydrogen (secondary N) is 2. The summed E-state index contributed by atoms with van der Waals surface area (Å²) >= 11 is 0. The number of benzene rings is 2. The predicted octanol–water partition coefficient (Wildman–Crippen LogP) is 3.84. The van der Waals surface area contributed by atoms with Gasteiger partial charge in [-0.2, -0.15) is 0 Å². The molecular formula is C42H51N5O9S. The van der Waals surface area contributed by atoms with E-state index in [9.17, 15) is 27.6 Å². The SMILES string of the molecule is C=C[C@@H]1C[C@]1(NC(=O)[C@@H]1C[C@@H](Oc2nc(-c3ccccc3)cc3cc(OC)ccc23)CN1C(=O)C(CC(=O)N1CCOCC1)C(C)(C)C)C(=O)NS(=O)(=O)C1CC1. The van der Waals surface area contributed by atoms with E-state index in [1.165, 1.54) is 11.0 Å². The van der Waals surface area contributed by atoms with Crippen molar-refractivity contribution in [3.63, 3.8) is 0 Å². The zero-order valence-electron chi connectivity index (χ0n) is 32.9. The van der Waals surface area contributed by atoms with Crippen molar-refractivity contribution >= 4 is 44.4 Å². The summed E-state index contributed by atoms with van der Waals surface area (Å²) in [6.07, 6.45) is 1.83. The van der Waals surface area contributed by atoms with Gasteiger partial charge in [0.15, 0.2) is 0 Å². The fourth-order valence-corrected chi connectivity index (χ4v) is 9.17. The van der Waals surface area contributed by atoms with Crippen LogP contribution in [0.5, 0.6) is 11.6 Å². The lowest BCUT2D eigenvalue weighted by Gasteiger charge is -2.36. The van der Waals surface area contributed by atoms with E-state index in [-0.39, 0.29) is 31.7 Å². The minimum absolute atomic E-state index is 0.00964. The van der Waals surface area contributed by atoms with Gasteiger partial charge in [-0.3, -0.25) is 23.9 Å². The van der Waals surface area contributed by atoms with Crippen molar-refractivity contribution in [3.05, 3.63) is 67.3 Å². The number of carbonyl (C=O) groups is 4. The van der Waals surface area contributed by atoms with Gasteiger partial charge in [0.2, 0.25) is 33.6 Å². The highest BCUT2D eigenvalue weighted by Crippen LogP contribution is 2.46. The molecule has 4 aliphatic rings. The maximum atomic E-state index is 14.8. The van der Waals surface area contributed by atoms with Crippen LogP contribution in [-0.4, -0.2) is 110 Å². The van der Waals surface area contributed by atoms with Crippen molar-refractivity contribution < 1.29 is 41.8 Å². The number of pyridine rings is 1. The number of fused-ring (bicyclic) bond motifs is 1. The maximum absolute atomic E-state index is 14.8. The monoisotopic (exact) mass is 801 g/mol. The number of sulfonamides is 1. The third-order valence-corrected chi connectivity index (χ3v) is 13.4. The van der Waals surface area contributed by atoms with Crippen molar-refractivity contribution in [1.29, 1.82) is 0 Å². The Kier molecular flexibility index (Phi) is 11.1. The summed E-state index contributed by atoms with van der Waals surface area (Å²) in [6, 6.07) is 16.0. The fraction of sp³-hybridized carbons (Fsp3) is 0.500. The minimum Gasteiger partial charge on any atom is -0.497 e. The molecule has 4 amide bonds. The number of rotatable bonds is 13. The number of hydrogen-bond donors (Lipinski definition) is 2. The number of methoxy groups -OCH3 is 1. The summed E-state index contributed by atoms with van der Waals surface area (Å²) in [5.41, 5.74) is -0.716. The van der Waals surface area contributed by atoms with Gasteiger partial charge in [0.25, 0.3) is 5.91 Å². The van der Waals surface area contributed by atoms with Crippen LogP contribution in [-0.2, 0) is 33.9 Å². The molecule has 1 aromatic heterocycles. The van der Waals surface area contributed by atoms with E-state index in [0.29, 0.717) is 61.9 Å². The molecule has 3 aromatic rings. The highest BCUT2D eigenvalue weighted by molar-refractivity contribution is 7.91. The Bertz CT molecular complexity index is 2160. The lowest BCUT2D eigenvalue weighted by molar-refractivity contribution is -0.149. The van der Waals surface area contributed by atoms with Crippen LogP contribution in [0.2, 0.25) is 0 Å². The molecule has 0 bridgehead atoms. The van der Waals surface area contributed by atoms with E-state index < -0.39 is 67.9 Å². The van der Waals surface area contributed by atoms with Crippen LogP contribution >= 0.6 is 0 Å². The summed E-state index contributed by atoms with van der Waals surface area (Å²) in [5, 5.41) is 3.72. The van der Waals surface area contributed by atoms with Crippen LogP contribution < -0.4 is 19.5 Å². The number of likely N-dealkylation sites (tertiary alicyclic amines) is 1. The molecule has 0 spiro atoms. The Morgan fingerprint density at radius 1 is 1.07 bits per heavy atom. The maximum Gasteiger partial charge on any atom is 0.259 e. The summed E-state index contributed by atoms with van der Waals surface area (Å²) in [7, 11) is -2.32. The summed E-state index contributed by atoms with van der Waals surface area (Å²) in [6.45, 7) is 11.1. The molecule has 2 N–H and O–H groups in total. The Morgan fingerprint density at radius 2 is 1.79 bits per heavy atom. The zero-order valence-corrected chi connectivity index (χ0v) is 33.7.